The van der Waals surface area contributed by atoms with Gasteiger partial charge in [-0.05, 0) is 43.3 Å². The minimum absolute atomic E-state index is 0.0370. The fraction of sp³-hybridized carbons (Fsp3) is 0.0769. The zero-order chi connectivity index (χ0) is 14.3. The minimum Gasteiger partial charge on any atom is -0.281 e. The van der Waals surface area contributed by atoms with E-state index >= 15 is 0 Å². The van der Waals surface area contributed by atoms with Gasteiger partial charge in [0, 0.05) is 11.9 Å². The molecule has 2 heterocycles. The molecule has 0 unspecified atom stereocenters. The molecule has 0 atom stereocenters. The van der Waals surface area contributed by atoms with E-state index < -0.39 is 10.0 Å². The quantitative estimate of drug-likeness (QED) is 0.809. The molecule has 1 aromatic heterocycles. The van der Waals surface area contributed by atoms with Crippen LogP contribution in [-0.4, -0.2) is 19.2 Å². The van der Waals surface area contributed by atoms with Gasteiger partial charge in [-0.1, -0.05) is 0 Å². The van der Waals surface area contributed by atoms with Crippen LogP contribution in [0.2, 0.25) is 0 Å². The SMILES string of the molecule is CC1=NS(=O)(=O)c2cccnc2N1c1ccc(F)cc1. The zero-order valence-electron chi connectivity index (χ0n) is 10.5. The standard InChI is InChI=1S/C13H10FN3O2S/c1-9-16-20(18,19)12-3-2-8-15-13(12)17(9)11-6-4-10(14)5-7-11/h2-8H,1H3. The van der Waals surface area contributed by atoms with Crippen molar-refractivity contribution in [3.8, 4) is 0 Å². The Morgan fingerprint density at radius 1 is 1.15 bits per heavy atom. The molecule has 0 spiro atoms. The summed E-state index contributed by atoms with van der Waals surface area (Å²) in [4.78, 5) is 5.73. The van der Waals surface area contributed by atoms with Gasteiger partial charge in [-0.2, -0.15) is 8.42 Å². The number of aromatic nitrogens is 1. The summed E-state index contributed by atoms with van der Waals surface area (Å²) >= 11 is 0. The van der Waals surface area contributed by atoms with E-state index in [0.29, 0.717) is 5.69 Å². The minimum atomic E-state index is -3.73. The molecule has 0 radical (unpaired) electrons. The third-order valence-corrected chi connectivity index (χ3v) is 4.28. The van der Waals surface area contributed by atoms with Crippen LogP contribution in [0.5, 0.6) is 0 Å². The van der Waals surface area contributed by atoms with Crippen molar-refractivity contribution in [2.45, 2.75) is 11.8 Å². The summed E-state index contributed by atoms with van der Waals surface area (Å²) in [5.74, 6) is 0.170. The van der Waals surface area contributed by atoms with Crippen molar-refractivity contribution in [2.24, 2.45) is 4.40 Å². The summed E-state index contributed by atoms with van der Waals surface area (Å²) in [6.45, 7) is 1.57. The molecule has 0 amide bonds. The van der Waals surface area contributed by atoms with Gasteiger partial charge < -0.3 is 0 Å². The Bertz CT molecular complexity index is 801. The van der Waals surface area contributed by atoms with Crippen LogP contribution >= 0.6 is 0 Å². The first-order valence-corrected chi connectivity index (χ1v) is 7.25. The maximum atomic E-state index is 13.0. The van der Waals surface area contributed by atoms with Crippen LogP contribution in [0, 0.1) is 5.82 Å². The van der Waals surface area contributed by atoms with E-state index in [1.54, 1.807) is 24.0 Å². The molecule has 20 heavy (non-hydrogen) atoms. The van der Waals surface area contributed by atoms with Gasteiger partial charge in [0.25, 0.3) is 10.0 Å². The Balaban J connectivity index is 2.24. The number of fused-ring (bicyclic) bond motifs is 1. The van der Waals surface area contributed by atoms with Gasteiger partial charge in [-0.15, -0.1) is 4.40 Å². The summed E-state index contributed by atoms with van der Waals surface area (Å²) < 4.78 is 40.7. The van der Waals surface area contributed by atoms with Gasteiger partial charge in [-0.3, -0.25) is 4.90 Å². The first kappa shape index (κ1) is 12.7. The van der Waals surface area contributed by atoms with Crippen LogP contribution in [0.4, 0.5) is 15.9 Å². The summed E-state index contributed by atoms with van der Waals surface area (Å²) in [6.07, 6.45) is 1.50. The fourth-order valence-electron chi connectivity index (χ4n) is 2.07. The largest absolute Gasteiger partial charge is 0.287 e. The number of anilines is 2. The number of amidine groups is 1. The molecule has 5 nitrogen and oxygen atoms in total. The lowest BCUT2D eigenvalue weighted by Gasteiger charge is -2.27. The monoisotopic (exact) mass is 291 g/mol. The van der Waals surface area contributed by atoms with Crippen molar-refractivity contribution >= 4 is 27.4 Å². The van der Waals surface area contributed by atoms with E-state index in [-0.39, 0.29) is 22.4 Å². The molecular weight excluding hydrogens is 281 g/mol. The fourth-order valence-corrected chi connectivity index (χ4v) is 3.22. The molecule has 0 saturated heterocycles. The summed E-state index contributed by atoms with van der Waals surface area (Å²) in [7, 11) is -3.73. The van der Waals surface area contributed by atoms with E-state index in [4.69, 9.17) is 0 Å². The molecule has 1 aliphatic heterocycles. The molecular formula is C13H10FN3O2S. The van der Waals surface area contributed by atoms with Crippen molar-refractivity contribution in [3.63, 3.8) is 0 Å². The Labute approximate surface area is 115 Å². The van der Waals surface area contributed by atoms with Gasteiger partial charge in [0.2, 0.25) is 0 Å². The van der Waals surface area contributed by atoms with Crippen LogP contribution < -0.4 is 4.90 Å². The molecule has 3 rings (SSSR count). The number of rotatable bonds is 1. The maximum absolute atomic E-state index is 13.0. The van der Waals surface area contributed by atoms with Crippen molar-refractivity contribution in [3.05, 3.63) is 48.4 Å². The summed E-state index contributed by atoms with van der Waals surface area (Å²) in [6, 6.07) is 8.68. The van der Waals surface area contributed by atoms with Crippen molar-refractivity contribution < 1.29 is 12.8 Å². The lowest BCUT2D eigenvalue weighted by atomic mass is 10.2. The third kappa shape index (κ3) is 1.96. The van der Waals surface area contributed by atoms with Crippen LogP contribution in [0.1, 0.15) is 6.92 Å². The highest BCUT2D eigenvalue weighted by molar-refractivity contribution is 7.90. The van der Waals surface area contributed by atoms with Gasteiger partial charge in [0.15, 0.2) is 5.82 Å². The van der Waals surface area contributed by atoms with Crippen LogP contribution in [0.25, 0.3) is 0 Å². The Hall–Kier alpha value is -2.28. The number of hydrogen-bond donors (Lipinski definition) is 0. The van der Waals surface area contributed by atoms with Crippen molar-refractivity contribution in [1.29, 1.82) is 0 Å². The Kier molecular flexibility index (Phi) is 2.79. The molecule has 0 fully saturated rings. The van der Waals surface area contributed by atoms with Gasteiger partial charge >= 0.3 is 0 Å². The summed E-state index contributed by atoms with van der Waals surface area (Å²) in [5.41, 5.74) is 0.600. The second-order valence-corrected chi connectivity index (χ2v) is 5.82. The van der Waals surface area contributed by atoms with Gasteiger partial charge in [0.05, 0.1) is 0 Å². The molecule has 0 aliphatic carbocycles. The molecule has 2 aromatic rings. The number of pyridine rings is 1. The smallest absolute Gasteiger partial charge is 0.281 e. The molecule has 0 N–H and O–H groups in total. The highest BCUT2D eigenvalue weighted by Gasteiger charge is 2.30. The Morgan fingerprint density at radius 2 is 1.85 bits per heavy atom. The predicted octanol–water partition coefficient (Wildman–Crippen LogP) is 2.48. The lowest BCUT2D eigenvalue weighted by molar-refractivity contribution is 0.596. The average Bonchev–Trinajstić information content (AvgIpc) is 2.40. The van der Waals surface area contributed by atoms with E-state index in [2.05, 4.69) is 9.38 Å². The highest BCUT2D eigenvalue weighted by atomic mass is 32.2. The Morgan fingerprint density at radius 3 is 2.55 bits per heavy atom. The lowest BCUT2D eigenvalue weighted by Crippen LogP contribution is -2.30. The highest BCUT2D eigenvalue weighted by Crippen LogP contribution is 2.34. The normalized spacial score (nSPS) is 16.5. The molecule has 102 valence electrons. The first-order valence-electron chi connectivity index (χ1n) is 5.81. The van der Waals surface area contributed by atoms with E-state index in [1.165, 1.54) is 30.5 Å². The molecule has 0 bridgehead atoms. The second kappa shape index (κ2) is 4.38. The van der Waals surface area contributed by atoms with Crippen LogP contribution in [0.3, 0.4) is 0 Å². The first-order chi connectivity index (χ1) is 9.49. The summed E-state index contributed by atoms with van der Waals surface area (Å²) in [5, 5.41) is 0. The van der Waals surface area contributed by atoms with Crippen molar-refractivity contribution in [2.75, 3.05) is 4.90 Å². The van der Waals surface area contributed by atoms with Crippen LogP contribution in [-0.2, 0) is 10.0 Å². The van der Waals surface area contributed by atoms with Crippen molar-refractivity contribution in [1.82, 2.24) is 4.98 Å². The maximum Gasteiger partial charge on any atom is 0.287 e. The van der Waals surface area contributed by atoms with Crippen LogP contribution in [0.15, 0.2) is 51.9 Å². The second-order valence-electron chi connectivity index (χ2n) is 4.25. The number of nitrogens with zero attached hydrogens (tertiary/aromatic N) is 3. The molecule has 7 heteroatoms. The topological polar surface area (TPSA) is 62.6 Å². The van der Waals surface area contributed by atoms with Gasteiger partial charge in [0.1, 0.15) is 16.5 Å². The van der Waals surface area contributed by atoms with Gasteiger partial charge in [-0.25, -0.2) is 9.37 Å². The van der Waals surface area contributed by atoms with E-state index in [9.17, 15) is 12.8 Å². The number of sulfonamides is 1. The third-order valence-electron chi connectivity index (χ3n) is 2.90. The zero-order valence-corrected chi connectivity index (χ0v) is 11.3. The average molecular weight is 291 g/mol. The number of halogens is 1. The molecule has 1 aromatic carbocycles. The number of hydrogen-bond acceptors (Lipinski definition) is 4. The van der Waals surface area contributed by atoms with E-state index in [0.717, 1.165) is 0 Å². The van der Waals surface area contributed by atoms with E-state index in [1.807, 2.05) is 0 Å². The number of benzene rings is 1. The molecule has 0 saturated carbocycles. The molecule has 1 aliphatic rings. The predicted molar refractivity (Wildman–Crippen MR) is 73.1 cm³/mol.